The molecule has 1 aromatic heterocycles. The number of methoxy groups -OCH3 is 1. The first-order valence-electron chi connectivity index (χ1n) is 8.22. The molecule has 1 amide bonds. The highest BCUT2D eigenvalue weighted by Gasteiger charge is 2.15. The molecule has 28 heavy (non-hydrogen) atoms. The molecule has 9 heteroatoms. The van der Waals surface area contributed by atoms with Crippen LogP contribution in [0.2, 0.25) is 5.02 Å². The van der Waals surface area contributed by atoms with Crippen molar-refractivity contribution in [3.8, 4) is 17.2 Å². The van der Waals surface area contributed by atoms with Gasteiger partial charge in [0.05, 0.1) is 13.5 Å². The van der Waals surface area contributed by atoms with Gasteiger partial charge in [-0.3, -0.25) is 14.9 Å². The van der Waals surface area contributed by atoms with E-state index in [0.717, 1.165) is 5.56 Å². The minimum Gasteiger partial charge on any atom is -0.496 e. The summed E-state index contributed by atoms with van der Waals surface area (Å²) >= 11 is 5.93. The molecular weight excluding hydrogens is 386 g/mol. The third-order valence-electron chi connectivity index (χ3n) is 3.63. The molecule has 144 valence electrons. The van der Waals surface area contributed by atoms with E-state index in [1.807, 2.05) is 18.2 Å². The molecule has 0 saturated carbocycles. The lowest BCUT2D eigenvalue weighted by Crippen LogP contribution is -2.21. The van der Waals surface area contributed by atoms with Crippen LogP contribution < -0.4 is 10.1 Å². The molecule has 8 nitrogen and oxygen atoms in total. The highest BCUT2D eigenvalue weighted by atomic mass is 35.5. The predicted molar refractivity (Wildman–Crippen MR) is 101 cm³/mol. The minimum atomic E-state index is -0.605. The monoisotopic (exact) mass is 401 g/mol. The standard InChI is InChI=1S/C19H16ClN3O5/c1-26-15-8-7-14(20)9-13(15)10-17(25)27-11-16(24)21-19-23-22-18(28-19)12-5-3-2-4-6-12/h2-9H,10-11H2,1H3,(H,21,23,24). The van der Waals surface area contributed by atoms with Crippen molar-refractivity contribution in [1.82, 2.24) is 10.2 Å². The Hall–Kier alpha value is -3.39. The summed E-state index contributed by atoms with van der Waals surface area (Å²) in [6.45, 7) is -0.495. The van der Waals surface area contributed by atoms with E-state index >= 15 is 0 Å². The minimum absolute atomic E-state index is 0.0867. The SMILES string of the molecule is COc1ccc(Cl)cc1CC(=O)OCC(=O)Nc1nnc(-c2ccccc2)o1. The maximum atomic E-state index is 12.0. The predicted octanol–water partition coefficient (Wildman–Crippen LogP) is 3.12. The zero-order valence-electron chi connectivity index (χ0n) is 14.8. The number of carbonyl (C=O) groups excluding carboxylic acids is 2. The third kappa shape index (κ3) is 5.08. The first-order chi connectivity index (χ1) is 13.5. The second kappa shape index (κ2) is 9.01. The largest absolute Gasteiger partial charge is 0.496 e. The number of aromatic nitrogens is 2. The number of nitrogens with zero attached hydrogens (tertiary/aromatic N) is 2. The molecule has 0 unspecified atom stereocenters. The molecule has 0 aliphatic carbocycles. The molecule has 0 spiro atoms. The maximum absolute atomic E-state index is 12.0. The van der Waals surface area contributed by atoms with Crippen molar-refractivity contribution in [2.24, 2.45) is 0 Å². The second-order valence-electron chi connectivity index (χ2n) is 5.62. The molecule has 0 saturated heterocycles. The van der Waals surface area contributed by atoms with Crippen LogP contribution >= 0.6 is 11.6 Å². The highest BCUT2D eigenvalue weighted by Crippen LogP contribution is 2.23. The van der Waals surface area contributed by atoms with Crippen LogP contribution in [0.4, 0.5) is 6.01 Å². The summed E-state index contributed by atoms with van der Waals surface area (Å²) in [6.07, 6.45) is -0.0876. The number of rotatable bonds is 7. The molecule has 0 radical (unpaired) electrons. The second-order valence-corrected chi connectivity index (χ2v) is 6.06. The Labute approximate surface area is 165 Å². The summed E-state index contributed by atoms with van der Waals surface area (Å²) in [4.78, 5) is 23.9. The molecule has 0 bridgehead atoms. The van der Waals surface area contributed by atoms with Crippen molar-refractivity contribution in [3.63, 3.8) is 0 Å². The van der Waals surface area contributed by atoms with Gasteiger partial charge < -0.3 is 13.9 Å². The number of benzene rings is 2. The number of hydrogen-bond donors (Lipinski definition) is 1. The summed E-state index contributed by atoms with van der Waals surface area (Å²) in [5, 5.41) is 10.4. The van der Waals surface area contributed by atoms with Crippen molar-refractivity contribution < 1.29 is 23.5 Å². The van der Waals surface area contributed by atoms with Gasteiger partial charge in [-0.15, -0.1) is 5.10 Å². The molecule has 1 N–H and O–H groups in total. The van der Waals surface area contributed by atoms with Gasteiger partial charge in [0.15, 0.2) is 6.61 Å². The molecule has 3 aromatic rings. The number of anilines is 1. The number of amides is 1. The maximum Gasteiger partial charge on any atom is 0.322 e. The van der Waals surface area contributed by atoms with Crippen LogP contribution in [0.3, 0.4) is 0 Å². The van der Waals surface area contributed by atoms with Crippen molar-refractivity contribution >= 4 is 29.5 Å². The van der Waals surface area contributed by atoms with E-state index in [1.54, 1.807) is 30.3 Å². The van der Waals surface area contributed by atoms with Gasteiger partial charge >= 0.3 is 12.0 Å². The Kier molecular flexibility index (Phi) is 6.23. The van der Waals surface area contributed by atoms with Gasteiger partial charge in [-0.1, -0.05) is 34.9 Å². The highest BCUT2D eigenvalue weighted by molar-refractivity contribution is 6.30. The van der Waals surface area contributed by atoms with Gasteiger partial charge in [0.1, 0.15) is 5.75 Å². The zero-order valence-corrected chi connectivity index (χ0v) is 15.6. The van der Waals surface area contributed by atoms with Gasteiger partial charge in [0, 0.05) is 16.1 Å². The van der Waals surface area contributed by atoms with Crippen molar-refractivity contribution in [2.45, 2.75) is 6.42 Å². The van der Waals surface area contributed by atoms with Crippen LogP contribution in [0.15, 0.2) is 52.9 Å². The van der Waals surface area contributed by atoms with Crippen LogP contribution in [-0.4, -0.2) is 35.8 Å². The fraction of sp³-hybridized carbons (Fsp3) is 0.158. The number of carbonyl (C=O) groups is 2. The fourth-order valence-corrected chi connectivity index (χ4v) is 2.56. The lowest BCUT2D eigenvalue weighted by Gasteiger charge is -2.09. The van der Waals surface area contributed by atoms with E-state index in [9.17, 15) is 9.59 Å². The summed E-state index contributed by atoms with van der Waals surface area (Å²) in [5.41, 5.74) is 1.28. The van der Waals surface area contributed by atoms with Crippen LogP contribution in [0.25, 0.3) is 11.5 Å². The summed E-state index contributed by atoms with van der Waals surface area (Å²) < 4.78 is 15.5. The normalized spacial score (nSPS) is 10.4. The van der Waals surface area contributed by atoms with E-state index in [2.05, 4.69) is 15.5 Å². The number of esters is 1. The average molecular weight is 402 g/mol. The Morgan fingerprint density at radius 1 is 1.14 bits per heavy atom. The number of nitrogens with one attached hydrogen (secondary N) is 1. The van der Waals surface area contributed by atoms with E-state index in [0.29, 0.717) is 16.3 Å². The molecule has 0 aliphatic heterocycles. The van der Waals surface area contributed by atoms with Gasteiger partial charge in [-0.05, 0) is 30.3 Å². The molecule has 2 aromatic carbocycles. The van der Waals surface area contributed by atoms with E-state index < -0.39 is 18.5 Å². The summed E-state index contributed by atoms with van der Waals surface area (Å²) in [5.74, 6) is -0.438. The fourth-order valence-electron chi connectivity index (χ4n) is 2.36. The Balaban J connectivity index is 1.51. The summed E-state index contributed by atoms with van der Waals surface area (Å²) in [7, 11) is 1.49. The van der Waals surface area contributed by atoms with Gasteiger partial charge in [0.25, 0.3) is 5.91 Å². The Morgan fingerprint density at radius 2 is 1.93 bits per heavy atom. The number of ether oxygens (including phenoxy) is 2. The Bertz CT molecular complexity index is 975. The average Bonchev–Trinajstić information content (AvgIpc) is 3.16. The topological polar surface area (TPSA) is 104 Å². The van der Waals surface area contributed by atoms with E-state index in [4.69, 9.17) is 25.5 Å². The molecule has 0 atom stereocenters. The zero-order chi connectivity index (χ0) is 19.9. The van der Waals surface area contributed by atoms with Crippen molar-refractivity contribution in [3.05, 3.63) is 59.1 Å². The van der Waals surface area contributed by atoms with Gasteiger partial charge in [-0.25, -0.2) is 0 Å². The molecule has 0 aliphatic rings. The van der Waals surface area contributed by atoms with Crippen molar-refractivity contribution in [2.75, 3.05) is 19.0 Å². The number of hydrogen-bond acceptors (Lipinski definition) is 7. The van der Waals surface area contributed by atoms with E-state index in [1.165, 1.54) is 7.11 Å². The van der Waals surface area contributed by atoms with Crippen LogP contribution in [-0.2, 0) is 20.7 Å². The van der Waals surface area contributed by atoms with Crippen LogP contribution in [0, 0.1) is 0 Å². The molecule has 0 fully saturated rings. The first kappa shape index (κ1) is 19.4. The molecule has 1 heterocycles. The molecule has 3 rings (SSSR count). The summed E-state index contributed by atoms with van der Waals surface area (Å²) in [6, 6.07) is 13.9. The lowest BCUT2D eigenvalue weighted by atomic mass is 10.1. The third-order valence-corrected chi connectivity index (χ3v) is 3.87. The quantitative estimate of drug-likeness (QED) is 0.606. The molecular formula is C19H16ClN3O5. The van der Waals surface area contributed by atoms with Crippen LogP contribution in [0.1, 0.15) is 5.56 Å². The first-order valence-corrected chi connectivity index (χ1v) is 8.60. The van der Waals surface area contributed by atoms with Gasteiger partial charge in [0.2, 0.25) is 5.89 Å². The van der Waals surface area contributed by atoms with Gasteiger partial charge in [-0.2, -0.15) is 0 Å². The Morgan fingerprint density at radius 3 is 2.68 bits per heavy atom. The van der Waals surface area contributed by atoms with E-state index in [-0.39, 0.29) is 18.3 Å². The van der Waals surface area contributed by atoms with Crippen LogP contribution in [0.5, 0.6) is 5.75 Å². The smallest absolute Gasteiger partial charge is 0.322 e. The van der Waals surface area contributed by atoms with Crippen molar-refractivity contribution in [1.29, 1.82) is 0 Å². The lowest BCUT2D eigenvalue weighted by molar-refractivity contribution is -0.146. The number of halogens is 1.